The van der Waals surface area contributed by atoms with Crippen molar-refractivity contribution >= 4 is 0 Å². The van der Waals surface area contributed by atoms with Crippen molar-refractivity contribution in [1.29, 1.82) is 0 Å². The number of aromatic hydroxyl groups is 1. The predicted molar refractivity (Wildman–Crippen MR) is 94.4 cm³/mol. The molecule has 1 aromatic carbocycles. The Bertz CT molecular complexity index is 700. The highest BCUT2D eigenvalue weighted by Crippen LogP contribution is 2.61. The standard InChI is InChI=1S/C21H29NO2/c1-12-7-8-16-18(22(12)2)9-13-11-21(16,24)17-10-19(23)14-5-3-4-6-15(14)20(13)17/h10,12-13,16,18,23-24H,3-9,11H2,1-2H3/t12-,13-,16+,18+,21+/m0/s1. The summed E-state index contributed by atoms with van der Waals surface area (Å²) in [5.74, 6) is 1.24. The van der Waals surface area contributed by atoms with Crippen LogP contribution in [0.4, 0.5) is 0 Å². The van der Waals surface area contributed by atoms with Gasteiger partial charge in [0.2, 0.25) is 0 Å². The molecule has 2 bridgehead atoms. The number of fused-ring (bicyclic) bond motifs is 9. The zero-order valence-corrected chi connectivity index (χ0v) is 14.9. The molecular formula is C21H29NO2. The second-order valence-corrected chi connectivity index (χ2v) is 8.85. The molecule has 0 unspecified atom stereocenters. The maximum Gasteiger partial charge on any atom is 0.119 e. The van der Waals surface area contributed by atoms with Crippen LogP contribution in [-0.2, 0) is 18.4 Å². The van der Waals surface area contributed by atoms with E-state index in [1.807, 2.05) is 6.07 Å². The van der Waals surface area contributed by atoms with Crippen LogP contribution in [0.5, 0.6) is 5.75 Å². The van der Waals surface area contributed by atoms with Crippen LogP contribution in [0.25, 0.3) is 0 Å². The van der Waals surface area contributed by atoms with Crippen LogP contribution in [-0.4, -0.2) is 34.2 Å². The summed E-state index contributed by atoms with van der Waals surface area (Å²) in [4.78, 5) is 2.52. The van der Waals surface area contributed by atoms with Crippen molar-refractivity contribution < 1.29 is 10.2 Å². The van der Waals surface area contributed by atoms with Gasteiger partial charge in [0.05, 0.1) is 5.60 Å². The Labute approximate surface area is 144 Å². The van der Waals surface area contributed by atoms with Gasteiger partial charge in [0.25, 0.3) is 0 Å². The van der Waals surface area contributed by atoms with Crippen molar-refractivity contribution in [3.63, 3.8) is 0 Å². The molecule has 1 heterocycles. The Balaban J connectivity index is 1.68. The molecule has 5 atom stereocenters. The van der Waals surface area contributed by atoms with Gasteiger partial charge >= 0.3 is 0 Å². The molecule has 1 aliphatic heterocycles. The largest absolute Gasteiger partial charge is 0.508 e. The van der Waals surface area contributed by atoms with E-state index in [2.05, 4.69) is 18.9 Å². The zero-order valence-electron chi connectivity index (χ0n) is 14.9. The van der Waals surface area contributed by atoms with Gasteiger partial charge in [-0.3, -0.25) is 0 Å². The fourth-order valence-corrected chi connectivity index (χ4v) is 6.52. The van der Waals surface area contributed by atoms with Gasteiger partial charge in [0.1, 0.15) is 5.75 Å². The molecule has 3 heteroatoms. The molecule has 1 aromatic rings. The lowest BCUT2D eigenvalue weighted by Crippen LogP contribution is -2.56. The summed E-state index contributed by atoms with van der Waals surface area (Å²) in [6, 6.07) is 3.03. The van der Waals surface area contributed by atoms with Gasteiger partial charge in [-0.15, -0.1) is 0 Å². The number of likely N-dealkylation sites (tertiary alicyclic amines) is 1. The first-order valence-electron chi connectivity index (χ1n) is 9.83. The van der Waals surface area contributed by atoms with Crippen LogP contribution in [0.2, 0.25) is 0 Å². The molecule has 0 radical (unpaired) electrons. The summed E-state index contributed by atoms with van der Waals surface area (Å²) in [6.07, 6.45) is 8.81. The minimum atomic E-state index is -0.721. The highest BCUT2D eigenvalue weighted by molar-refractivity contribution is 5.57. The summed E-state index contributed by atoms with van der Waals surface area (Å²) in [6.45, 7) is 2.32. The van der Waals surface area contributed by atoms with E-state index < -0.39 is 5.60 Å². The smallest absolute Gasteiger partial charge is 0.119 e. The number of aliphatic hydroxyl groups is 1. The van der Waals surface area contributed by atoms with E-state index in [0.717, 1.165) is 37.7 Å². The maximum atomic E-state index is 11.8. The molecular weight excluding hydrogens is 298 g/mol. The summed E-state index contributed by atoms with van der Waals surface area (Å²) < 4.78 is 0. The van der Waals surface area contributed by atoms with Crippen LogP contribution in [0.15, 0.2) is 6.07 Å². The van der Waals surface area contributed by atoms with Gasteiger partial charge < -0.3 is 15.1 Å². The Morgan fingerprint density at radius 1 is 1.17 bits per heavy atom. The highest BCUT2D eigenvalue weighted by Gasteiger charge is 2.57. The number of benzene rings is 1. The van der Waals surface area contributed by atoms with Crippen molar-refractivity contribution in [2.45, 2.75) is 81.9 Å². The third-order valence-electron chi connectivity index (χ3n) is 7.82. The predicted octanol–water partition coefficient (Wildman–Crippen LogP) is 3.45. The summed E-state index contributed by atoms with van der Waals surface area (Å²) in [5.41, 5.74) is 4.37. The lowest BCUT2D eigenvalue weighted by Gasteiger charge is -2.51. The Hall–Kier alpha value is -1.06. The van der Waals surface area contributed by atoms with Crippen molar-refractivity contribution in [1.82, 2.24) is 4.90 Å². The van der Waals surface area contributed by atoms with E-state index >= 15 is 0 Å². The number of piperidine rings is 1. The molecule has 0 aromatic heterocycles. The first kappa shape index (κ1) is 15.2. The van der Waals surface area contributed by atoms with Gasteiger partial charge in [-0.2, -0.15) is 0 Å². The topological polar surface area (TPSA) is 43.7 Å². The average Bonchev–Trinajstić information content (AvgIpc) is 2.80. The first-order valence-corrected chi connectivity index (χ1v) is 9.83. The molecule has 3 nitrogen and oxygen atoms in total. The highest BCUT2D eigenvalue weighted by atomic mass is 16.3. The van der Waals surface area contributed by atoms with Gasteiger partial charge in [-0.05, 0) is 99.6 Å². The summed E-state index contributed by atoms with van der Waals surface area (Å²) >= 11 is 0. The van der Waals surface area contributed by atoms with E-state index in [1.165, 1.54) is 36.0 Å². The summed E-state index contributed by atoms with van der Waals surface area (Å²) in [7, 11) is 2.24. The molecule has 0 spiro atoms. The minimum Gasteiger partial charge on any atom is -0.508 e. The van der Waals surface area contributed by atoms with Crippen LogP contribution in [0.3, 0.4) is 0 Å². The van der Waals surface area contributed by atoms with Crippen molar-refractivity contribution in [2.24, 2.45) is 5.92 Å². The van der Waals surface area contributed by atoms with Crippen molar-refractivity contribution in [2.75, 3.05) is 7.05 Å². The Kier molecular flexibility index (Phi) is 3.16. The minimum absolute atomic E-state index is 0.317. The van der Waals surface area contributed by atoms with Crippen LogP contribution in [0, 0.1) is 5.92 Å². The zero-order chi connectivity index (χ0) is 16.6. The van der Waals surface area contributed by atoms with Crippen molar-refractivity contribution in [3.05, 3.63) is 28.3 Å². The fraction of sp³-hybridized carbons (Fsp3) is 0.714. The van der Waals surface area contributed by atoms with Gasteiger partial charge in [-0.25, -0.2) is 0 Å². The number of phenolic OH excluding ortho intramolecular Hbond substituents is 1. The molecule has 1 saturated heterocycles. The Morgan fingerprint density at radius 3 is 2.71 bits per heavy atom. The number of nitrogens with zero attached hydrogens (tertiary/aromatic N) is 1. The molecule has 5 rings (SSSR count). The van der Waals surface area contributed by atoms with Gasteiger partial charge in [0.15, 0.2) is 0 Å². The lowest BCUT2D eigenvalue weighted by molar-refractivity contribution is -0.111. The maximum absolute atomic E-state index is 11.8. The molecule has 2 fully saturated rings. The third-order valence-corrected chi connectivity index (χ3v) is 7.82. The van der Waals surface area contributed by atoms with E-state index in [1.54, 1.807) is 0 Å². The number of hydrogen-bond donors (Lipinski definition) is 2. The van der Waals surface area contributed by atoms with E-state index in [4.69, 9.17) is 0 Å². The second-order valence-electron chi connectivity index (χ2n) is 8.85. The van der Waals surface area contributed by atoms with Crippen LogP contribution in [0.1, 0.15) is 73.6 Å². The van der Waals surface area contributed by atoms with E-state index in [-0.39, 0.29) is 0 Å². The summed E-state index contributed by atoms with van der Waals surface area (Å²) in [5, 5.41) is 22.4. The van der Waals surface area contributed by atoms with Crippen LogP contribution < -0.4 is 0 Å². The molecule has 2 N–H and O–H groups in total. The first-order chi connectivity index (χ1) is 11.5. The third kappa shape index (κ3) is 1.80. The quantitative estimate of drug-likeness (QED) is 0.767. The molecule has 130 valence electrons. The number of rotatable bonds is 0. The normalized spacial score (nSPS) is 40.8. The average molecular weight is 327 g/mol. The second kappa shape index (κ2) is 4.98. The van der Waals surface area contributed by atoms with Gasteiger partial charge in [-0.1, -0.05) is 0 Å². The molecule has 4 aliphatic rings. The number of hydrogen-bond acceptors (Lipinski definition) is 3. The van der Waals surface area contributed by atoms with E-state index in [0.29, 0.717) is 29.7 Å². The monoisotopic (exact) mass is 327 g/mol. The van der Waals surface area contributed by atoms with E-state index in [9.17, 15) is 10.2 Å². The number of phenols is 1. The SMILES string of the molecule is C[C@H]1CC[C@@H]2[C@@H](C[C@H]3C[C@]2(O)c2cc(O)c4c(c23)CCCC4)N1C. The fourth-order valence-electron chi connectivity index (χ4n) is 6.52. The molecule has 24 heavy (non-hydrogen) atoms. The van der Waals surface area contributed by atoms with Crippen LogP contribution >= 0.6 is 0 Å². The Morgan fingerprint density at radius 2 is 1.92 bits per heavy atom. The van der Waals surface area contributed by atoms with Gasteiger partial charge in [0, 0.05) is 18.0 Å². The van der Waals surface area contributed by atoms with Crippen molar-refractivity contribution in [3.8, 4) is 5.75 Å². The molecule has 0 amide bonds. The molecule has 3 aliphatic carbocycles. The molecule has 1 saturated carbocycles. The lowest BCUT2D eigenvalue weighted by atomic mass is 9.66.